The number of fused-ring (bicyclic) bond motifs is 4. The van der Waals surface area contributed by atoms with Crippen LogP contribution in [0.3, 0.4) is 0 Å². The van der Waals surface area contributed by atoms with Crippen molar-refractivity contribution in [3.8, 4) is 11.4 Å². The Morgan fingerprint density at radius 3 is 2.54 bits per heavy atom. The number of aromatic nitrogens is 7. The molecule has 1 aliphatic heterocycles. The maximum atomic E-state index is 12.9. The first kappa shape index (κ1) is 31.6. The minimum absolute atomic E-state index is 0.284. The number of methoxy groups -OCH3 is 1. The van der Waals surface area contributed by atoms with E-state index in [-0.39, 0.29) is 6.09 Å². The number of nitrogens with zero attached hydrogens (tertiary/aromatic N) is 9. The van der Waals surface area contributed by atoms with Gasteiger partial charge in [0.15, 0.2) is 11.5 Å². The van der Waals surface area contributed by atoms with Crippen molar-refractivity contribution in [3.63, 3.8) is 0 Å². The molecule has 0 radical (unpaired) electrons. The number of carbonyl (C=O) groups is 1. The second kappa shape index (κ2) is 12.2. The molecule has 2 aliphatic rings. The van der Waals surface area contributed by atoms with Gasteiger partial charge in [-0.3, -0.25) is 14.0 Å². The average Bonchev–Trinajstić information content (AvgIpc) is 3.56. The highest BCUT2D eigenvalue weighted by molar-refractivity contribution is 5.97. The van der Waals surface area contributed by atoms with Crippen LogP contribution in [0.1, 0.15) is 64.1 Å². The van der Waals surface area contributed by atoms with Crippen molar-refractivity contribution in [1.29, 1.82) is 0 Å². The normalized spacial score (nSPS) is 16.2. The van der Waals surface area contributed by atoms with Crippen LogP contribution in [0.25, 0.3) is 39.2 Å². The summed E-state index contributed by atoms with van der Waals surface area (Å²) in [7, 11) is 1.63. The van der Waals surface area contributed by atoms with Gasteiger partial charge in [0.05, 0.1) is 31.1 Å². The molecule has 0 bridgehead atoms. The average molecular weight is 650 g/mol. The summed E-state index contributed by atoms with van der Waals surface area (Å²) in [5.41, 5.74) is 5.77. The lowest BCUT2D eigenvalue weighted by Gasteiger charge is -2.37. The van der Waals surface area contributed by atoms with E-state index in [1.54, 1.807) is 18.2 Å². The summed E-state index contributed by atoms with van der Waals surface area (Å²) in [4.78, 5) is 41.9. The van der Waals surface area contributed by atoms with Crippen molar-refractivity contribution in [2.45, 2.75) is 71.9 Å². The van der Waals surface area contributed by atoms with E-state index < -0.39 is 5.60 Å². The highest BCUT2D eigenvalue weighted by Gasteiger charge is 2.31. The molecule has 6 heterocycles. The van der Waals surface area contributed by atoms with Gasteiger partial charge in [-0.05, 0) is 65.0 Å². The summed E-state index contributed by atoms with van der Waals surface area (Å²) in [6, 6.07) is 1.97. The third-order valence-electron chi connectivity index (χ3n) is 9.37. The van der Waals surface area contributed by atoms with E-state index in [9.17, 15) is 4.79 Å². The minimum Gasteiger partial charge on any atom is -0.497 e. The molecular formula is C36H43N9O3. The third-order valence-corrected chi connectivity index (χ3v) is 9.37. The molecule has 1 aliphatic carbocycles. The van der Waals surface area contributed by atoms with Crippen molar-refractivity contribution in [2.75, 3.05) is 38.2 Å². The van der Waals surface area contributed by atoms with Crippen LogP contribution in [-0.4, -0.2) is 83.8 Å². The maximum Gasteiger partial charge on any atom is 0.410 e. The number of hydrogen-bond acceptors (Lipinski definition) is 9. The molecule has 7 rings (SSSR count). The van der Waals surface area contributed by atoms with Crippen molar-refractivity contribution in [1.82, 2.24) is 38.8 Å². The number of carbonyl (C=O) groups excluding carboxylic acids is 1. The second-order valence-electron chi connectivity index (χ2n) is 13.7. The Labute approximate surface area is 280 Å². The van der Waals surface area contributed by atoms with Gasteiger partial charge >= 0.3 is 6.09 Å². The van der Waals surface area contributed by atoms with Crippen LogP contribution >= 0.6 is 0 Å². The second-order valence-corrected chi connectivity index (χ2v) is 13.7. The molecule has 2 fully saturated rings. The predicted molar refractivity (Wildman–Crippen MR) is 186 cm³/mol. The number of allylic oxidation sites excluding steroid dienone is 2. The van der Waals surface area contributed by atoms with Crippen LogP contribution in [0.2, 0.25) is 0 Å². The molecular weight excluding hydrogens is 606 g/mol. The van der Waals surface area contributed by atoms with E-state index in [1.807, 2.05) is 65.4 Å². The fourth-order valence-corrected chi connectivity index (χ4v) is 6.67. The van der Waals surface area contributed by atoms with Gasteiger partial charge in [0, 0.05) is 61.3 Å². The highest BCUT2D eigenvalue weighted by atomic mass is 16.6. The lowest BCUT2D eigenvalue weighted by molar-refractivity contribution is 0.0240. The molecule has 0 atom stereocenters. The Morgan fingerprint density at radius 1 is 1.10 bits per heavy atom. The summed E-state index contributed by atoms with van der Waals surface area (Å²) in [6.07, 6.45) is 12.9. The molecule has 1 saturated heterocycles. The number of anilines is 1. The summed E-state index contributed by atoms with van der Waals surface area (Å²) >= 11 is 0. The fraction of sp³-hybridized carbons (Fsp3) is 0.444. The van der Waals surface area contributed by atoms with Crippen LogP contribution in [0.15, 0.2) is 54.8 Å². The van der Waals surface area contributed by atoms with Crippen LogP contribution < -0.4 is 4.90 Å². The van der Waals surface area contributed by atoms with E-state index in [1.165, 1.54) is 12.0 Å². The van der Waals surface area contributed by atoms with Crippen LogP contribution in [-0.2, 0) is 16.0 Å². The van der Waals surface area contributed by atoms with Gasteiger partial charge in [0.2, 0.25) is 5.78 Å². The number of hydrogen-bond donors (Lipinski definition) is 0. The number of ether oxygens (including phenoxy) is 2. The molecule has 12 heteroatoms. The van der Waals surface area contributed by atoms with Gasteiger partial charge in [-0.1, -0.05) is 19.1 Å². The predicted octanol–water partition coefficient (Wildman–Crippen LogP) is 6.43. The zero-order chi connectivity index (χ0) is 33.7. The first-order valence-electron chi connectivity index (χ1n) is 16.7. The standard InChI is InChI=1S/C36H43N9O3/c1-8-24(23(3)47-7)21-45-33-30(44-20-22(2)39-34(44)45)26(12-13-38-33)31-40-28-19-37-18-27(25-10-9-11-25)29(28)32(41-31)42-14-16-43(17-15-42)35(46)48-36(4,5)6/h8,12-13,18-20,25H,3,9-11,14-17,21H2,1-2,4-7H3/b24-8-. The van der Waals surface area contributed by atoms with Gasteiger partial charge in [-0.2, -0.15) is 0 Å². The molecule has 0 spiro atoms. The Kier molecular flexibility index (Phi) is 8.04. The first-order chi connectivity index (χ1) is 23.1. The monoisotopic (exact) mass is 649 g/mol. The van der Waals surface area contributed by atoms with Crippen LogP contribution in [0.5, 0.6) is 0 Å². The number of amides is 1. The molecule has 0 N–H and O–H groups in total. The molecule has 48 heavy (non-hydrogen) atoms. The zero-order valence-electron chi connectivity index (χ0n) is 28.7. The fourth-order valence-electron chi connectivity index (χ4n) is 6.67. The number of piperazine rings is 1. The summed E-state index contributed by atoms with van der Waals surface area (Å²) in [5, 5.41) is 1.05. The topological polar surface area (TPSA) is 116 Å². The van der Waals surface area contributed by atoms with Gasteiger partial charge in [-0.15, -0.1) is 0 Å². The number of pyridine rings is 2. The Morgan fingerprint density at radius 2 is 1.88 bits per heavy atom. The quantitative estimate of drug-likeness (QED) is 0.145. The largest absolute Gasteiger partial charge is 0.497 e. The number of rotatable bonds is 7. The van der Waals surface area contributed by atoms with Crippen molar-refractivity contribution >= 4 is 39.8 Å². The SMILES string of the molecule is C=C(OC)/C(=C\C)Cn1c2nccc(-c3nc(N4CCN(C(=O)OC(C)(C)C)CC4)c4c(C5CCC5)cncc4n3)c2n2cc(C)nc12. The van der Waals surface area contributed by atoms with Gasteiger partial charge in [-0.25, -0.2) is 24.7 Å². The Bertz CT molecular complexity index is 2080. The number of imidazole rings is 2. The molecule has 250 valence electrons. The van der Waals surface area contributed by atoms with E-state index in [2.05, 4.69) is 25.4 Å². The first-order valence-corrected chi connectivity index (χ1v) is 16.7. The smallest absolute Gasteiger partial charge is 0.410 e. The summed E-state index contributed by atoms with van der Waals surface area (Å²) < 4.78 is 15.3. The highest BCUT2D eigenvalue weighted by Crippen LogP contribution is 2.42. The third kappa shape index (κ3) is 5.62. The lowest BCUT2D eigenvalue weighted by Crippen LogP contribution is -2.50. The summed E-state index contributed by atoms with van der Waals surface area (Å²) in [5.74, 6) is 3.26. The van der Waals surface area contributed by atoms with E-state index in [0.717, 1.165) is 63.3 Å². The van der Waals surface area contributed by atoms with E-state index in [0.29, 0.717) is 50.2 Å². The van der Waals surface area contributed by atoms with Crippen molar-refractivity contribution < 1.29 is 14.3 Å². The molecule has 12 nitrogen and oxygen atoms in total. The van der Waals surface area contributed by atoms with Gasteiger partial charge in [0.1, 0.15) is 22.7 Å². The molecule has 5 aromatic heterocycles. The molecule has 0 unspecified atom stereocenters. The van der Waals surface area contributed by atoms with Crippen molar-refractivity contribution in [2.24, 2.45) is 0 Å². The van der Waals surface area contributed by atoms with Crippen LogP contribution in [0, 0.1) is 6.92 Å². The molecule has 1 saturated carbocycles. The van der Waals surface area contributed by atoms with Crippen molar-refractivity contribution in [3.05, 3.63) is 66.1 Å². The Hall–Kier alpha value is -5.00. The zero-order valence-corrected chi connectivity index (χ0v) is 28.7. The molecule has 5 aromatic rings. The van der Waals surface area contributed by atoms with E-state index >= 15 is 0 Å². The van der Waals surface area contributed by atoms with Gasteiger partial charge in [0.25, 0.3) is 0 Å². The lowest BCUT2D eigenvalue weighted by atomic mass is 9.79. The molecule has 0 aromatic carbocycles. The number of aryl methyl sites for hydroxylation is 1. The summed E-state index contributed by atoms with van der Waals surface area (Å²) in [6.45, 7) is 16.5. The Balaban J connectivity index is 1.36. The van der Waals surface area contributed by atoms with Crippen LogP contribution in [0.4, 0.5) is 10.6 Å². The van der Waals surface area contributed by atoms with Gasteiger partial charge < -0.3 is 19.3 Å². The minimum atomic E-state index is -0.545. The maximum absolute atomic E-state index is 12.9. The van der Waals surface area contributed by atoms with E-state index in [4.69, 9.17) is 29.4 Å². The molecule has 1 amide bonds.